The van der Waals surface area contributed by atoms with E-state index in [4.69, 9.17) is 61.6 Å². The number of nitrogens with one attached hydrogen (secondary N) is 3. The van der Waals surface area contributed by atoms with Crippen LogP contribution in [0.4, 0.5) is 0 Å². The van der Waals surface area contributed by atoms with Gasteiger partial charge in [-0.3, -0.25) is 14.4 Å². The van der Waals surface area contributed by atoms with E-state index in [0.717, 1.165) is 20.8 Å². The van der Waals surface area contributed by atoms with Crippen molar-refractivity contribution in [2.75, 3.05) is 46.2 Å². The predicted molar refractivity (Wildman–Crippen MR) is 261 cm³/mol. The Bertz CT molecular complexity index is 2130. The van der Waals surface area contributed by atoms with Gasteiger partial charge in [0.1, 0.15) is 165 Å². The van der Waals surface area contributed by atoms with Crippen molar-refractivity contribution in [1.82, 2.24) is 16.0 Å². The average Bonchev–Trinajstić information content (AvgIpc) is 2.21. The molecular weight excluding hydrogens is 1170 g/mol. The standard InChI is InChI=1S/C47H79N3O35/c1-11(56)48-21-30(66)36(18(7-54)75-41(21)72)81-43-23(50-13(3)58)31(67)37(19(8-55)79-43)82-47-40(85-45-34(70)24(60)14(59)9-73-45)38(28(64)20(80-47)10-74-44-35(71)32(68)26(62)16(5-52)77-44)83-46-39(33(69)27(63)17(6-53)78-46)84-42-22(49-12(2)57)29(65)25(61)15(4-51)76-42/h14-47,51-55,59-72H,4-10H2,1-3H3,(H,48,56)(H,49,57)(H,50,58)/t14-,15-,16-,17-,18-,19-,20-,21+,22-,23-,24+,25-,26-,27-,28-,29-,30-,31-,32+,33+,34-,35+,36-,37-,38+,39+,40+,41?,42+,43+,44+,45+,46-,47+/m1/s1. The molecule has 0 aromatic rings. The first kappa shape index (κ1) is 69.6. The van der Waals surface area contributed by atoms with Crippen LogP contribution in [-0.4, -0.2) is 370 Å². The Hall–Kier alpha value is -2.87. The zero-order chi connectivity index (χ0) is 62.6. The molecule has 0 bridgehead atoms. The van der Waals surface area contributed by atoms with Gasteiger partial charge >= 0.3 is 0 Å². The summed E-state index contributed by atoms with van der Waals surface area (Å²) in [7, 11) is 0. The van der Waals surface area contributed by atoms with Gasteiger partial charge in [0.2, 0.25) is 17.7 Å². The van der Waals surface area contributed by atoms with E-state index >= 15 is 0 Å². The highest BCUT2D eigenvalue weighted by atomic mass is 16.8. The van der Waals surface area contributed by atoms with E-state index in [-0.39, 0.29) is 0 Å². The number of aliphatic hydroxyl groups is 19. The van der Waals surface area contributed by atoms with Gasteiger partial charge in [-0.2, -0.15) is 0 Å². The Morgan fingerprint density at radius 2 is 0.741 bits per heavy atom. The molecule has 1 unspecified atom stereocenters. The molecule has 7 heterocycles. The molecule has 0 radical (unpaired) electrons. The third kappa shape index (κ3) is 15.5. The number of amides is 3. The SMILES string of the molecule is CC(=O)N[C@H]1[C@H](O[C@H]2[C@H](O)[C@H](NC(C)=O)C(O)O[C@@H]2CO)O[C@H](CO)[C@@H](O[C@@H]2O[C@H](CO[C@H]3O[C@H](CO)[C@@H](O)[C@H](O)[C@@H]3O)[C@@H](O)[C@H](O[C@H]3O[C@H](CO)[C@@H](O)[C@H](O)[C@@H]3O[C@@H]3O[C@H](CO)[C@@H](O)[C@H](O)[C@H]3NC(C)=O)[C@@H]2O[C@@H]2OC[C@@H](O)[C@H](O)[C@H]2O)[C@@H]1O. The molecule has 7 saturated heterocycles. The topological polar surface area (TPSA) is 592 Å². The van der Waals surface area contributed by atoms with Gasteiger partial charge in [0.25, 0.3) is 0 Å². The Morgan fingerprint density at radius 3 is 1.29 bits per heavy atom. The lowest BCUT2D eigenvalue weighted by Crippen LogP contribution is -2.71. The summed E-state index contributed by atoms with van der Waals surface area (Å²) in [4.78, 5) is 37.3. The molecule has 3 amide bonds. The van der Waals surface area contributed by atoms with Crippen molar-refractivity contribution in [3.63, 3.8) is 0 Å². The van der Waals surface area contributed by atoms with Crippen molar-refractivity contribution in [2.45, 2.75) is 229 Å². The second-order valence-corrected chi connectivity index (χ2v) is 21.4. The summed E-state index contributed by atoms with van der Waals surface area (Å²) in [6.07, 6.45) is -62.3. The third-order valence-corrected chi connectivity index (χ3v) is 15.3. The predicted octanol–water partition coefficient (Wildman–Crippen LogP) is -15.2. The highest BCUT2D eigenvalue weighted by Gasteiger charge is 2.59. The van der Waals surface area contributed by atoms with E-state index in [2.05, 4.69) is 16.0 Å². The molecule has 38 nitrogen and oxygen atoms in total. The number of hydrogen-bond donors (Lipinski definition) is 22. The Balaban J connectivity index is 1.30. The fourth-order valence-electron chi connectivity index (χ4n) is 10.8. The number of carbonyl (C=O) groups is 3. The lowest BCUT2D eigenvalue weighted by atomic mass is 9.93. The summed E-state index contributed by atoms with van der Waals surface area (Å²) in [5.74, 6) is -2.49. The van der Waals surface area contributed by atoms with Crippen LogP contribution in [0, 0.1) is 0 Å². The molecule has 0 aliphatic carbocycles. The summed E-state index contributed by atoms with van der Waals surface area (Å²) in [6, 6.07) is -5.21. The van der Waals surface area contributed by atoms with Gasteiger partial charge < -0.3 is 175 Å². The van der Waals surface area contributed by atoms with E-state index in [0.29, 0.717) is 0 Å². The van der Waals surface area contributed by atoms with E-state index in [1.165, 1.54) is 0 Å². The normalized spacial score (nSPS) is 48.9. The molecule has 7 aliphatic rings. The van der Waals surface area contributed by atoms with Crippen LogP contribution in [0.3, 0.4) is 0 Å². The zero-order valence-corrected chi connectivity index (χ0v) is 45.6. The Morgan fingerprint density at radius 1 is 0.353 bits per heavy atom. The highest BCUT2D eigenvalue weighted by Crippen LogP contribution is 2.39. The fraction of sp³-hybridized carbons (Fsp3) is 0.936. The van der Waals surface area contributed by atoms with Crippen molar-refractivity contribution in [3.05, 3.63) is 0 Å². The van der Waals surface area contributed by atoms with E-state index < -0.39 is 273 Å². The minimum Gasteiger partial charge on any atom is -0.394 e. The fourth-order valence-corrected chi connectivity index (χ4v) is 10.8. The van der Waals surface area contributed by atoms with Crippen molar-refractivity contribution in [1.29, 1.82) is 0 Å². The smallest absolute Gasteiger partial charge is 0.217 e. The first-order valence-electron chi connectivity index (χ1n) is 27.0. The molecule has 38 heteroatoms. The number of rotatable bonds is 21. The lowest BCUT2D eigenvalue weighted by molar-refractivity contribution is -0.410. The average molecular weight is 1250 g/mol. The largest absolute Gasteiger partial charge is 0.394 e. The maximum atomic E-state index is 12.9. The van der Waals surface area contributed by atoms with E-state index in [1.54, 1.807) is 0 Å². The van der Waals surface area contributed by atoms with Gasteiger partial charge in [-0.05, 0) is 0 Å². The van der Waals surface area contributed by atoms with Crippen LogP contribution in [0.25, 0.3) is 0 Å². The summed E-state index contributed by atoms with van der Waals surface area (Å²) < 4.78 is 77.0. The van der Waals surface area contributed by atoms with Crippen LogP contribution in [0.15, 0.2) is 0 Å². The van der Waals surface area contributed by atoms with Gasteiger partial charge in [-0.25, -0.2) is 0 Å². The molecule has 22 N–H and O–H groups in total. The molecule has 85 heavy (non-hydrogen) atoms. The summed E-state index contributed by atoms with van der Waals surface area (Å²) in [5, 5.41) is 214. The van der Waals surface area contributed by atoms with Crippen molar-refractivity contribution in [3.8, 4) is 0 Å². The van der Waals surface area contributed by atoms with Crippen molar-refractivity contribution in [2.24, 2.45) is 0 Å². The van der Waals surface area contributed by atoms with Gasteiger partial charge in [-0.1, -0.05) is 0 Å². The maximum Gasteiger partial charge on any atom is 0.217 e. The third-order valence-electron chi connectivity index (χ3n) is 15.3. The maximum absolute atomic E-state index is 12.9. The molecular formula is C47H79N3O35. The van der Waals surface area contributed by atoms with Crippen LogP contribution >= 0.6 is 0 Å². The molecule has 0 aromatic carbocycles. The molecule has 0 saturated carbocycles. The molecule has 0 aromatic heterocycles. The van der Waals surface area contributed by atoms with E-state index in [1.807, 2.05) is 0 Å². The van der Waals surface area contributed by atoms with Crippen molar-refractivity contribution < 1.29 is 173 Å². The molecule has 34 atom stereocenters. The quantitative estimate of drug-likeness (QED) is 0.0507. The van der Waals surface area contributed by atoms with Crippen LogP contribution in [0.2, 0.25) is 0 Å². The molecule has 7 aliphatic heterocycles. The summed E-state index contributed by atoms with van der Waals surface area (Å²) in [6.45, 7) is -3.87. The van der Waals surface area contributed by atoms with Crippen LogP contribution in [0.5, 0.6) is 0 Å². The number of aliphatic hydroxyl groups excluding tert-OH is 19. The van der Waals surface area contributed by atoms with Gasteiger partial charge in [0.15, 0.2) is 44.0 Å². The Kier molecular flexibility index (Phi) is 24.8. The molecule has 492 valence electrons. The van der Waals surface area contributed by atoms with Gasteiger partial charge in [0.05, 0.1) is 46.2 Å². The van der Waals surface area contributed by atoms with Crippen LogP contribution in [-0.2, 0) is 76.0 Å². The van der Waals surface area contributed by atoms with Gasteiger partial charge in [-0.15, -0.1) is 0 Å². The lowest BCUT2D eigenvalue weighted by Gasteiger charge is -2.52. The first-order valence-corrected chi connectivity index (χ1v) is 27.0. The molecule has 7 fully saturated rings. The second kappa shape index (κ2) is 30.3. The molecule has 0 spiro atoms. The minimum absolute atomic E-state index is 0.752. The van der Waals surface area contributed by atoms with Crippen LogP contribution < -0.4 is 16.0 Å². The Labute approximate surface area is 481 Å². The minimum atomic E-state index is -2.34. The van der Waals surface area contributed by atoms with E-state index in [9.17, 15) is 111 Å². The number of hydrogen-bond acceptors (Lipinski definition) is 35. The number of carbonyl (C=O) groups excluding carboxylic acids is 3. The monoisotopic (exact) mass is 1250 g/mol. The van der Waals surface area contributed by atoms with Crippen LogP contribution in [0.1, 0.15) is 20.8 Å². The second-order valence-electron chi connectivity index (χ2n) is 21.4. The zero-order valence-electron chi connectivity index (χ0n) is 45.6. The van der Waals surface area contributed by atoms with Crippen molar-refractivity contribution >= 4 is 17.7 Å². The highest BCUT2D eigenvalue weighted by molar-refractivity contribution is 5.74. The van der Waals surface area contributed by atoms with Gasteiger partial charge in [0, 0.05) is 20.8 Å². The number of ether oxygens (including phenoxy) is 13. The summed E-state index contributed by atoms with van der Waals surface area (Å²) in [5.41, 5.74) is 0. The first-order chi connectivity index (χ1) is 40.2. The molecule has 7 rings (SSSR count). The summed E-state index contributed by atoms with van der Waals surface area (Å²) >= 11 is 0.